The van der Waals surface area contributed by atoms with Crippen molar-refractivity contribution in [3.63, 3.8) is 0 Å². The van der Waals surface area contributed by atoms with Crippen LogP contribution in [0.1, 0.15) is 5.56 Å². The van der Waals surface area contributed by atoms with Gasteiger partial charge in [0.05, 0.1) is 23.7 Å². The molecule has 4 nitrogen and oxygen atoms in total. The zero-order chi connectivity index (χ0) is 10.0. The van der Waals surface area contributed by atoms with Crippen molar-refractivity contribution in [1.82, 2.24) is 0 Å². The van der Waals surface area contributed by atoms with Crippen molar-refractivity contribution < 1.29 is 14.1 Å². The molecule has 0 saturated heterocycles. The fraction of sp³-hybridized carbons (Fsp3) is 0.250. The molecule has 0 amide bonds. The Hall–Kier alpha value is -1.65. The van der Waals surface area contributed by atoms with Crippen LogP contribution in [-0.4, -0.2) is 12.0 Å². The fourth-order valence-corrected chi connectivity index (χ4v) is 0.948. The molecule has 1 rings (SSSR count). The molecule has 13 heavy (non-hydrogen) atoms. The van der Waals surface area contributed by atoms with Gasteiger partial charge in [0.1, 0.15) is 11.6 Å². The first-order valence-electron chi connectivity index (χ1n) is 3.54. The van der Waals surface area contributed by atoms with E-state index in [0.717, 1.165) is 6.07 Å². The molecule has 0 atom stereocenters. The van der Waals surface area contributed by atoms with Gasteiger partial charge >= 0.3 is 0 Å². The van der Waals surface area contributed by atoms with Crippen LogP contribution in [0.25, 0.3) is 0 Å². The van der Waals surface area contributed by atoms with Gasteiger partial charge < -0.3 is 4.74 Å². The van der Waals surface area contributed by atoms with E-state index in [2.05, 4.69) is 0 Å². The van der Waals surface area contributed by atoms with Gasteiger partial charge in [-0.05, 0) is 6.92 Å². The van der Waals surface area contributed by atoms with E-state index in [1.807, 2.05) is 0 Å². The van der Waals surface area contributed by atoms with Crippen molar-refractivity contribution in [1.29, 1.82) is 0 Å². The predicted octanol–water partition coefficient (Wildman–Crippen LogP) is 2.05. The fourth-order valence-electron chi connectivity index (χ4n) is 0.948. The molecule has 70 valence electrons. The van der Waals surface area contributed by atoms with E-state index in [0.29, 0.717) is 0 Å². The van der Waals surface area contributed by atoms with Crippen LogP contribution in [-0.2, 0) is 0 Å². The predicted molar refractivity (Wildman–Crippen MR) is 44.3 cm³/mol. The van der Waals surface area contributed by atoms with Gasteiger partial charge in [-0.3, -0.25) is 10.1 Å². The highest BCUT2D eigenvalue weighted by Crippen LogP contribution is 2.26. The average Bonchev–Trinajstić information content (AvgIpc) is 2.09. The summed E-state index contributed by atoms with van der Waals surface area (Å²) < 4.78 is 17.7. The van der Waals surface area contributed by atoms with E-state index in [1.54, 1.807) is 0 Å². The third-order valence-corrected chi connectivity index (χ3v) is 1.72. The van der Waals surface area contributed by atoms with E-state index >= 15 is 0 Å². The maximum absolute atomic E-state index is 13.0. The van der Waals surface area contributed by atoms with Crippen molar-refractivity contribution in [2.45, 2.75) is 6.92 Å². The minimum absolute atomic E-state index is 0.0193. The van der Waals surface area contributed by atoms with Crippen LogP contribution in [0.5, 0.6) is 5.75 Å². The first kappa shape index (κ1) is 9.44. The van der Waals surface area contributed by atoms with Gasteiger partial charge in [-0.25, -0.2) is 4.39 Å². The zero-order valence-corrected chi connectivity index (χ0v) is 7.20. The molecule has 0 N–H and O–H groups in total. The van der Waals surface area contributed by atoms with Crippen LogP contribution in [0.2, 0.25) is 0 Å². The molecule has 0 heterocycles. The summed E-state index contributed by atoms with van der Waals surface area (Å²) in [6.45, 7) is 1.35. The summed E-state index contributed by atoms with van der Waals surface area (Å²) in [6, 6.07) is 2.31. The summed E-state index contributed by atoms with van der Waals surface area (Å²) >= 11 is 0. The Bertz CT molecular complexity index is 351. The van der Waals surface area contributed by atoms with Gasteiger partial charge in [0.15, 0.2) is 0 Å². The molecule has 0 spiro atoms. The van der Waals surface area contributed by atoms with Gasteiger partial charge in [-0.1, -0.05) is 0 Å². The highest BCUT2D eigenvalue weighted by Gasteiger charge is 2.16. The number of nitrogens with zero attached hydrogens (tertiary/aromatic N) is 1. The number of methoxy groups -OCH3 is 1. The van der Waals surface area contributed by atoms with E-state index in [1.165, 1.54) is 20.1 Å². The molecule has 1 aromatic carbocycles. The molecule has 5 heteroatoms. The van der Waals surface area contributed by atoms with Crippen LogP contribution < -0.4 is 4.74 Å². The maximum Gasteiger partial charge on any atom is 0.278 e. The summed E-state index contributed by atoms with van der Waals surface area (Å²) in [5, 5.41) is 10.4. The van der Waals surface area contributed by atoms with Crippen LogP contribution in [0.4, 0.5) is 10.1 Å². The number of hydrogen-bond acceptors (Lipinski definition) is 3. The minimum Gasteiger partial charge on any atom is -0.496 e. The molecule has 0 aromatic heterocycles. The van der Waals surface area contributed by atoms with Gasteiger partial charge in [0.2, 0.25) is 0 Å². The van der Waals surface area contributed by atoms with Crippen molar-refractivity contribution in [3.8, 4) is 5.75 Å². The van der Waals surface area contributed by atoms with Gasteiger partial charge in [0, 0.05) is 6.07 Å². The van der Waals surface area contributed by atoms with Gasteiger partial charge in [-0.2, -0.15) is 0 Å². The Kier molecular flexibility index (Phi) is 2.46. The summed E-state index contributed by atoms with van der Waals surface area (Å²) in [5.74, 6) is -0.485. The van der Waals surface area contributed by atoms with Crippen molar-refractivity contribution in [3.05, 3.63) is 33.6 Å². The highest BCUT2D eigenvalue weighted by molar-refractivity contribution is 5.46. The molecule has 0 saturated carbocycles. The Balaban J connectivity index is 3.33. The zero-order valence-electron chi connectivity index (χ0n) is 7.20. The third-order valence-electron chi connectivity index (χ3n) is 1.72. The normalized spacial score (nSPS) is 9.77. The summed E-state index contributed by atoms with van der Waals surface area (Å²) in [6.07, 6.45) is 0. The first-order chi connectivity index (χ1) is 6.06. The molecule has 0 aliphatic heterocycles. The second kappa shape index (κ2) is 3.38. The summed E-state index contributed by atoms with van der Waals surface area (Å²) in [4.78, 5) is 9.79. The average molecular weight is 185 g/mol. The minimum atomic E-state index is -0.638. The number of ether oxygens (including phenoxy) is 1. The Morgan fingerprint density at radius 3 is 2.62 bits per heavy atom. The molecule has 1 aromatic rings. The SMILES string of the molecule is COc1cc(F)c(C)c([N+](=O)[O-])c1. The van der Waals surface area contributed by atoms with E-state index < -0.39 is 10.7 Å². The monoisotopic (exact) mass is 185 g/mol. The number of nitro groups is 1. The van der Waals surface area contributed by atoms with Crippen LogP contribution in [0.15, 0.2) is 12.1 Å². The van der Waals surface area contributed by atoms with Gasteiger partial charge in [-0.15, -0.1) is 0 Å². The lowest BCUT2D eigenvalue weighted by Crippen LogP contribution is -1.96. The Morgan fingerprint density at radius 1 is 1.54 bits per heavy atom. The van der Waals surface area contributed by atoms with Crippen LogP contribution in [0.3, 0.4) is 0 Å². The highest BCUT2D eigenvalue weighted by atomic mass is 19.1. The van der Waals surface area contributed by atoms with E-state index in [4.69, 9.17) is 4.74 Å². The standard InChI is InChI=1S/C8H8FNO3/c1-5-7(9)3-6(13-2)4-8(5)10(11)12/h3-4H,1-2H3. The topological polar surface area (TPSA) is 52.4 Å². The summed E-state index contributed by atoms with van der Waals surface area (Å²) in [7, 11) is 1.33. The van der Waals surface area contributed by atoms with Crippen molar-refractivity contribution in [2.24, 2.45) is 0 Å². The number of benzene rings is 1. The number of rotatable bonds is 2. The van der Waals surface area contributed by atoms with Crippen LogP contribution >= 0.6 is 0 Å². The molecule has 0 bridgehead atoms. The largest absolute Gasteiger partial charge is 0.496 e. The van der Waals surface area contributed by atoms with E-state index in [-0.39, 0.29) is 17.0 Å². The Labute approximate surface area is 74.1 Å². The second-order valence-corrected chi connectivity index (χ2v) is 2.51. The van der Waals surface area contributed by atoms with Gasteiger partial charge in [0.25, 0.3) is 5.69 Å². The maximum atomic E-state index is 13.0. The molecule has 0 radical (unpaired) electrons. The molecule has 0 unspecified atom stereocenters. The summed E-state index contributed by atoms with van der Waals surface area (Å²) in [5.41, 5.74) is -0.248. The first-order valence-corrected chi connectivity index (χ1v) is 3.54. The third kappa shape index (κ3) is 1.74. The molecular weight excluding hydrogens is 177 g/mol. The lowest BCUT2D eigenvalue weighted by Gasteiger charge is -2.02. The van der Waals surface area contributed by atoms with Crippen molar-refractivity contribution in [2.75, 3.05) is 7.11 Å². The quantitative estimate of drug-likeness (QED) is 0.523. The molecule has 0 fully saturated rings. The smallest absolute Gasteiger partial charge is 0.278 e. The molecular formula is C8H8FNO3. The Morgan fingerprint density at radius 2 is 2.15 bits per heavy atom. The molecule has 0 aliphatic rings. The van der Waals surface area contributed by atoms with E-state index in [9.17, 15) is 14.5 Å². The lowest BCUT2D eigenvalue weighted by molar-refractivity contribution is -0.385. The van der Waals surface area contributed by atoms with Crippen LogP contribution in [0, 0.1) is 22.9 Å². The number of nitro benzene ring substituents is 1. The lowest BCUT2D eigenvalue weighted by atomic mass is 10.2. The van der Waals surface area contributed by atoms with Crippen molar-refractivity contribution >= 4 is 5.69 Å². The number of hydrogen-bond donors (Lipinski definition) is 0. The number of halogens is 1. The molecule has 0 aliphatic carbocycles. The second-order valence-electron chi connectivity index (χ2n) is 2.51.